The Morgan fingerprint density at radius 2 is 1.79 bits per heavy atom. The molecular formula is C30H35NO7. The van der Waals surface area contributed by atoms with Crippen molar-refractivity contribution < 1.29 is 33.6 Å². The number of benzene rings is 2. The zero-order valence-electron chi connectivity index (χ0n) is 22.6. The van der Waals surface area contributed by atoms with Crippen molar-refractivity contribution in [2.24, 2.45) is 5.41 Å². The first-order valence-electron chi connectivity index (χ1n) is 12.4. The lowest BCUT2D eigenvalue weighted by Gasteiger charge is -2.46. The van der Waals surface area contributed by atoms with Crippen LogP contribution in [-0.4, -0.2) is 48.7 Å². The number of para-hydroxylation sites is 2. The second kappa shape index (κ2) is 10.6. The van der Waals surface area contributed by atoms with E-state index in [0.29, 0.717) is 40.2 Å². The second-order valence-electron chi connectivity index (χ2n) is 10.5. The molecule has 8 nitrogen and oxygen atoms in total. The van der Waals surface area contributed by atoms with Crippen molar-refractivity contribution >= 4 is 17.2 Å². The quantitative estimate of drug-likeness (QED) is 0.273. The molecule has 1 aromatic heterocycles. The third kappa shape index (κ3) is 5.28. The maximum Gasteiger partial charge on any atom is 0.379 e. The lowest BCUT2D eigenvalue weighted by atomic mass is 9.64. The number of aliphatic hydroxyl groups excluding tert-OH is 1. The van der Waals surface area contributed by atoms with Crippen LogP contribution in [0.15, 0.2) is 64.8 Å². The van der Waals surface area contributed by atoms with E-state index in [9.17, 15) is 15.0 Å². The number of hydrogen-bond acceptors (Lipinski definition) is 8. The van der Waals surface area contributed by atoms with E-state index in [-0.39, 0.29) is 18.1 Å². The highest BCUT2D eigenvalue weighted by Gasteiger charge is 2.47. The molecule has 1 aliphatic rings. The maximum absolute atomic E-state index is 12.6. The SMILES string of the molecule is COc1ccccc1NCC1=C(c2ccc(OC(=O)c3occc3C)cc2OC)C(O)C(C)(C)CC1(C)O. The van der Waals surface area contributed by atoms with Gasteiger partial charge in [-0.2, -0.15) is 0 Å². The van der Waals surface area contributed by atoms with Crippen LogP contribution in [0.1, 0.15) is 48.9 Å². The molecule has 0 radical (unpaired) electrons. The van der Waals surface area contributed by atoms with Crippen molar-refractivity contribution in [3.8, 4) is 17.2 Å². The number of hydrogen-bond donors (Lipinski definition) is 3. The van der Waals surface area contributed by atoms with Crippen LogP contribution >= 0.6 is 0 Å². The van der Waals surface area contributed by atoms with Crippen LogP contribution < -0.4 is 19.5 Å². The molecule has 8 heteroatoms. The zero-order valence-corrected chi connectivity index (χ0v) is 22.6. The number of carbonyl (C=O) groups excluding carboxylic acids is 1. The molecule has 0 saturated heterocycles. The molecule has 0 saturated carbocycles. The minimum Gasteiger partial charge on any atom is -0.496 e. The first-order valence-corrected chi connectivity index (χ1v) is 12.4. The fraction of sp³-hybridized carbons (Fsp3) is 0.367. The summed E-state index contributed by atoms with van der Waals surface area (Å²) in [4.78, 5) is 12.6. The van der Waals surface area contributed by atoms with E-state index < -0.39 is 23.1 Å². The standard InChI is InChI=1S/C30H35NO7/c1-18-13-14-37-26(18)28(33)38-19-11-12-20(24(15-19)36-6)25-21(30(4,34)17-29(2,3)27(25)32)16-31-22-9-7-8-10-23(22)35-5/h7-15,27,31-32,34H,16-17H2,1-6H3. The van der Waals surface area contributed by atoms with E-state index in [1.165, 1.54) is 13.4 Å². The third-order valence-corrected chi connectivity index (χ3v) is 7.07. The summed E-state index contributed by atoms with van der Waals surface area (Å²) in [6.45, 7) is 7.62. The fourth-order valence-electron chi connectivity index (χ4n) is 5.20. The second-order valence-corrected chi connectivity index (χ2v) is 10.5. The lowest BCUT2D eigenvalue weighted by Crippen LogP contribution is -2.47. The predicted octanol–water partition coefficient (Wildman–Crippen LogP) is 5.23. The van der Waals surface area contributed by atoms with E-state index in [4.69, 9.17) is 18.6 Å². The number of aliphatic hydroxyl groups is 2. The Balaban J connectivity index is 1.76. The van der Waals surface area contributed by atoms with Crippen LogP contribution in [0, 0.1) is 12.3 Å². The molecule has 0 spiro atoms. The summed E-state index contributed by atoms with van der Waals surface area (Å²) in [6.07, 6.45) is 0.889. The first-order chi connectivity index (χ1) is 18.0. The molecule has 0 aliphatic heterocycles. The van der Waals surface area contributed by atoms with Crippen LogP contribution in [0.3, 0.4) is 0 Å². The zero-order chi connectivity index (χ0) is 27.7. The van der Waals surface area contributed by atoms with Gasteiger partial charge in [0, 0.05) is 23.7 Å². The highest BCUT2D eigenvalue weighted by Crippen LogP contribution is 2.50. The molecule has 2 unspecified atom stereocenters. The Bertz CT molecular complexity index is 1350. The Hall–Kier alpha value is -3.75. The van der Waals surface area contributed by atoms with E-state index in [2.05, 4.69) is 5.32 Å². The van der Waals surface area contributed by atoms with Crippen LogP contribution in [0.4, 0.5) is 5.69 Å². The summed E-state index contributed by atoms with van der Waals surface area (Å²) in [7, 11) is 3.10. The summed E-state index contributed by atoms with van der Waals surface area (Å²) in [5, 5.41) is 26.6. The number of nitrogens with one attached hydrogen (secondary N) is 1. The molecule has 202 valence electrons. The van der Waals surface area contributed by atoms with Gasteiger partial charge in [-0.05, 0) is 67.2 Å². The van der Waals surface area contributed by atoms with Crippen LogP contribution in [0.25, 0.3) is 5.57 Å². The number of rotatable bonds is 8. The van der Waals surface area contributed by atoms with Gasteiger partial charge in [0.1, 0.15) is 17.2 Å². The molecule has 1 aliphatic carbocycles. The lowest BCUT2D eigenvalue weighted by molar-refractivity contribution is -0.0112. The van der Waals surface area contributed by atoms with Gasteiger partial charge in [-0.25, -0.2) is 4.79 Å². The van der Waals surface area contributed by atoms with Crippen molar-refractivity contribution in [2.45, 2.75) is 45.8 Å². The van der Waals surface area contributed by atoms with Crippen molar-refractivity contribution in [3.63, 3.8) is 0 Å². The molecule has 1 heterocycles. The monoisotopic (exact) mass is 521 g/mol. The minimum absolute atomic E-state index is 0.126. The molecule has 3 N–H and O–H groups in total. The normalized spacial score (nSPS) is 20.7. The minimum atomic E-state index is -1.22. The Kier molecular flexibility index (Phi) is 7.58. The largest absolute Gasteiger partial charge is 0.496 e. The van der Waals surface area contributed by atoms with E-state index in [1.807, 2.05) is 38.1 Å². The number of aryl methyl sites for hydroxylation is 1. The number of carbonyl (C=O) groups is 1. The maximum atomic E-state index is 12.6. The predicted molar refractivity (Wildman–Crippen MR) is 145 cm³/mol. The molecule has 2 aromatic carbocycles. The molecule has 0 fully saturated rings. The average Bonchev–Trinajstić information content (AvgIpc) is 3.31. The number of anilines is 1. The topological polar surface area (TPSA) is 110 Å². The average molecular weight is 522 g/mol. The Morgan fingerprint density at radius 3 is 2.45 bits per heavy atom. The molecule has 0 bridgehead atoms. The summed E-state index contributed by atoms with van der Waals surface area (Å²) in [5.41, 5.74) is 1.37. The molecule has 0 amide bonds. The van der Waals surface area contributed by atoms with Gasteiger partial charge in [0.05, 0.1) is 37.9 Å². The summed E-state index contributed by atoms with van der Waals surface area (Å²) in [5.74, 6) is 0.827. The van der Waals surface area contributed by atoms with E-state index >= 15 is 0 Å². The van der Waals surface area contributed by atoms with Gasteiger partial charge in [-0.15, -0.1) is 0 Å². The Morgan fingerprint density at radius 1 is 1.08 bits per heavy atom. The van der Waals surface area contributed by atoms with Gasteiger partial charge in [-0.3, -0.25) is 0 Å². The summed E-state index contributed by atoms with van der Waals surface area (Å²) < 4.78 is 21.9. The highest BCUT2D eigenvalue weighted by molar-refractivity contribution is 5.90. The molecule has 4 rings (SSSR count). The van der Waals surface area contributed by atoms with Crippen LogP contribution in [0.5, 0.6) is 17.2 Å². The van der Waals surface area contributed by atoms with E-state index in [1.54, 1.807) is 45.2 Å². The Labute approximate surface area is 222 Å². The van der Waals surface area contributed by atoms with Gasteiger partial charge in [0.2, 0.25) is 5.76 Å². The molecular weight excluding hydrogens is 486 g/mol. The molecule has 2 atom stereocenters. The molecule has 3 aromatic rings. The summed E-state index contributed by atoms with van der Waals surface area (Å²) >= 11 is 0. The molecule has 38 heavy (non-hydrogen) atoms. The van der Waals surface area contributed by atoms with Crippen molar-refractivity contribution in [1.29, 1.82) is 0 Å². The van der Waals surface area contributed by atoms with Gasteiger partial charge in [0.25, 0.3) is 0 Å². The number of furan rings is 1. The van der Waals surface area contributed by atoms with Crippen LogP contribution in [0.2, 0.25) is 0 Å². The number of methoxy groups -OCH3 is 2. The van der Waals surface area contributed by atoms with Gasteiger partial charge >= 0.3 is 5.97 Å². The smallest absolute Gasteiger partial charge is 0.379 e. The van der Waals surface area contributed by atoms with Crippen molar-refractivity contribution in [3.05, 3.63) is 77.3 Å². The third-order valence-electron chi connectivity index (χ3n) is 7.07. The van der Waals surface area contributed by atoms with Gasteiger partial charge in [-0.1, -0.05) is 26.0 Å². The number of esters is 1. The highest BCUT2D eigenvalue weighted by atomic mass is 16.5. The van der Waals surface area contributed by atoms with Gasteiger partial charge < -0.3 is 34.2 Å². The van der Waals surface area contributed by atoms with E-state index in [0.717, 1.165) is 5.69 Å². The summed E-state index contributed by atoms with van der Waals surface area (Å²) in [6, 6.07) is 14.2. The van der Waals surface area contributed by atoms with Crippen LogP contribution in [-0.2, 0) is 0 Å². The fourth-order valence-corrected chi connectivity index (χ4v) is 5.20. The number of ether oxygens (including phenoxy) is 3. The van der Waals surface area contributed by atoms with Gasteiger partial charge in [0.15, 0.2) is 0 Å². The first kappa shape index (κ1) is 27.3. The van der Waals surface area contributed by atoms with Crippen molar-refractivity contribution in [2.75, 3.05) is 26.1 Å². The van der Waals surface area contributed by atoms with Crippen molar-refractivity contribution in [1.82, 2.24) is 0 Å².